The van der Waals surface area contributed by atoms with Crippen LogP contribution in [-0.2, 0) is 12.8 Å². The Morgan fingerprint density at radius 3 is 2.60 bits per heavy atom. The smallest absolute Gasteiger partial charge is 0.128 e. The highest BCUT2D eigenvalue weighted by Gasteiger charge is 2.11. The Hall–Kier alpha value is -1.44. The summed E-state index contributed by atoms with van der Waals surface area (Å²) in [6.45, 7) is 4.37. The topological polar surface area (TPSA) is 25.0 Å². The van der Waals surface area contributed by atoms with Gasteiger partial charge in [-0.05, 0) is 30.5 Å². The zero-order valence-corrected chi connectivity index (χ0v) is 9.55. The average molecular weight is 203 g/mol. The molecule has 0 aliphatic carbocycles. The van der Waals surface area contributed by atoms with Crippen LogP contribution < -0.4 is 4.74 Å². The van der Waals surface area contributed by atoms with Crippen LogP contribution in [0.5, 0.6) is 5.75 Å². The van der Waals surface area contributed by atoms with Crippen LogP contribution in [0.4, 0.5) is 0 Å². The second-order valence-electron chi connectivity index (χ2n) is 3.67. The van der Waals surface area contributed by atoms with Crippen molar-refractivity contribution in [1.29, 1.82) is 0 Å². The highest BCUT2D eigenvalue weighted by Crippen LogP contribution is 2.31. The Kier molecular flexibility index (Phi) is 2.67. The third-order valence-corrected chi connectivity index (χ3v) is 2.90. The quantitative estimate of drug-likeness (QED) is 0.813. The number of aromatic amines is 1. The molecule has 2 heteroatoms. The predicted octanol–water partition coefficient (Wildman–Crippen LogP) is 3.30. The van der Waals surface area contributed by atoms with Crippen LogP contribution in [0.25, 0.3) is 10.9 Å². The van der Waals surface area contributed by atoms with E-state index in [0.29, 0.717) is 0 Å². The SMILES string of the molecule is CCc1[nH]c2cccc(OC)c2c1CC. The van der Waals surface area contributed by atoms with Gasteiger partial charge in [-0.3, -0.25) is 0 Å². The maximum absolute atomic E-state index is 5.41. The molecule has 2 aromatic rings. The summed E-state index contributed by atoms with van der Waals surface area (Å²) in [7, 11) is 1.73. The summed E-state index contributed by atoms with van der Waals surface area (Å²) in [5, 5.41) is 1.25. The molecule has 2 nitrogen and oxygen atoms in total. The van der Waals surface area contributed by atoms with Gasteiger partial charge in [-0.2, -0.15) is 0 Å². The van der Waals surface area contributed by atoms with E-state index in [4.69, 9.17) is 4.74 Å². The number of benzene rings is 1. The minimum absolute atomic E-state index is 0.973. The number of H-pyrrole nitrogens is 1. The molecule has 0 aliphatic rings. The molecule has 1 heterocycles. The standard InChI is InChI=1S/C13H17NO/c1-4-9-10(5-2)14-11-7-6-8-12(15-3)13(9)11/h6-8,14H,4-5H2,1-3H3. The summed E-state index contributed by atoms with van der Waals surface area (Å²) >= 11 is 0. The zero-order valence-electron chi connectivity index (χ0n) is 9.55. The minimum atomic E-state index is 0.973. The highest BCUT2D eigenvalue weighted by atomic mass is 16.5. The summed E-state index contributed by atoms with van der Waals surface area (Å²) in [6.07, 6.45) is 2.09. The monoisotopic (exact) mass is 203 g/mol. The van der Waals surface area contributed by atoms with Crippen molar-refractivity contribution in [3.63, 3.8) is 0 Å². The lowest BCUT2D eigenvalue weighted by atomic mass is 10.1. The molecule has 0 aliphatic heterocycles. The van der Waals surface area contributed by atoms with Crippen LogP contribution in [0.3, 0.4) is 0 Å². The van der Waals surface area contributed by atoms with E-state index in [0.717, 1.165) is 18.6 Å². The van der Waals surface area contributed by atoms with Crippen LogP contribution in [-0.4, -0.2) is 12.1 Å². The van der Waals surface area contributed by atoms with Gasteiger partial charge in [-0.25, -0.2) is 0 Å². The minimum Gasteiger partial charge on any atom is -0.496 e. The first-order valence-corrected chi connectivity index (χ1v) is 5.48. The van der Waals surface area contributed by atoms with Gasteiger partial charge in [0.05, 0.1) is 7.11 Å². The fourth-order valence-electron chi connectivity index (χ4n) is 2.20. The molecule has 1 N–H and O–H groups in total. The largest absolute Gasteiger partial charge is 0.496 e. The number of fused-ring (bicyclic) bond motifs is 1. The molecule has 0 unspecified atom stereocenters. The van der Waals surface area contributed by atoms with Crippen molar-refractivity contribution in [2.75, 3.05) is 7.11 Å². The summed E-state index contributed by atoms with van der Waals surface area (Å²) < 4.78 is 5.41. The normalized spacial score (nSPS) is 10.9. The van der Waals surface area contributed by atoms with E-state index < -0.39 is 0 Å². The molecule has 0 spiro atoms. The van der Waals surface area contributed by atoms with Crippen molar-refractivity contribution in [2.24, 2.45) is 0 Å². The second kappa shape index (κ2) is 3.97. The van der Waals surface area contributed by atoms with Gasteiger partial charge in [0, 0.05) is 16.6 Å². The number of aryl methyl sites for hydroxylation is 2. The average Bonchev–Trinajstić information content (AvgIpc) is 2.66. The van der Waals surface area contributed by atoms with E-state index in [1.165, 1.54) is 22.2 Å². The zero-order chi connectivity index (χ0) is 10.8. The van der Waals surface area contributed by atoms with Gasteiger partial charge in [-0.1, -0.05) is 19.9 Å². The first-order chi connectivity index (χ1) is 7.31. The third kappa shape index (κ3) is 1.50. The molecular weight excluding hydrogens is 186 g/mol. The van der Waals surface area contributed by atoms with E-state index in [9.17, 15) is 0 Å². The first-order valence-electron chi connectivity index (χ1n) is 5.48. The van der Waals surface area contributed by atoms with Crippen LogP contribution >= 0.6 is 0 Å². The fourth-order valence-corrected chi connectivity index (χ4v) is 2.20. The first kappa shape index (κ1) is 10.1. The van der Waals surface area contributed by atoms with Gasteiger partial charge < -0.3 is 9.72 Å². The number of hydrogen-bond donors (Lipinski definition) is 1. The molecule has 0 fully saturated rings. The maximum Gasteiger partial charge on any atom is 0.128 e. The highest BCUT2D eigenvalue weighted by molar-refractivity contribution is 5.90. The van der Waals surface area contributed by atoms with Gasteiger partial charge in [0.25, 0.3) is 0 Å². The molecule has 0 atom stereocenters. The van der Waals surface area contributed by atoms with E-state index in [2.05, 4.69) is 24.9 Å². The molecule has 1 aromatic heterocycles. The summed E-state index contributed by atoms with van der Waals surface area (Å²) in [6, 6.07) is 6.15. The van der Waals surface area contributed by atoms with Crippen molar-refractivity contribution in [1.82, 2.24) is 4.98 Å². The van der Waals surface area contributed by atoms with Crippen molar-refractivity contribution >= 4 is 10.9 Å². The van der Waals surface area contributed by atoms with Crippen molar-refractivity contribution < 1.29 is 4.74 Å². The molecule has 0 saturated heterocycles. The lowest BCUT2D eigenvalue weighted by Gasteiger charge is -2.03. The van der Waals surface area contributed by atoms with Gasteiger partial charge >= 0.3 is 0 Å². The Bertz CT molecular complexity index is 471. The van der Waals surface area contributed by atoms with Gasteiger partial charge in [0.2, 0.25) is 0 Å². The van der Waals surface area contributed by atoms with Gasteiger partial charge in [-0.15, -0.1) is 0 Å². The van der Waals surface area contributed by atoms with Crippen LogP contribution in [0, 0.1) is 0 Å². The Morgan fingerprint density at radius 1 is 1.20 bits per heavy atom. The molecule has 0 radical (unpaired) electrons. The molecule has 0 amide bonds. The third-order valence-electron chi connectivity index (χ3n) is 2.90. The number of aromatic nitrogens is 1. The van der Waals surface area contributed by atoms with E-state index in [1.54, 1.807) is 7.11 Å². The van der Waals surface area contributed by atoms with Gasteiger partial charge in [0.1, 0.15) is 5.75 Å². The van der Waals surface area contributed by atoms with Crippen molar-refractivity contribution in [3.8, 4) is 5.75 Å². The Labute approximate surface area is 90.3 Å². The number of ether oxygens (including phenoxy) is 1. The Balaban J connectivity index is 2.78. The fraction of sp³-hybridized carbons (Fsp3) is 0.385. The van der Waals surface area contributed by atoms with Gasteiger partial charge in [0.15, 0.2) is 0 Å². The maximum atomic E-state index is 5.41. The summed E-state index contributed by atoms with van der Waals surface area (Å²) in [5.74, 6) is 0.973. The lowest BCUT2D eigenvalue weighted by molar-refractivity contribution is 0.419. The predicted molar refractivity (Wildman–Crippen MR) is 63.6 cm³/mol. The number of methoxy groups -OCH3 is 1. The molecule has 0 saturated carbocycles. The van der Waals surface area contributed by atoms with Crippen molar-refractivity contribution in [2.45, 2.75) is 26.7 Å². The van der Waals surface area contributed by atoms with E-state index in [1.807, 2.05) is 12.1 Å². The molecule has 1 aromatic carbocycles. The van der Waals surface area contributed by atoms with Crippen molar-refractivity contribution in [3.05, 3.63) is 29.5 Å². The lowest BCUT2D eigenvalue weighted by Crippen LogP contribution is -1.88. The molecule has 15 heavy (non-hydrogen) atoms. The van der Waals surface area contributed by atoms with E-state index in [-0.39, 0.29) is 0 Å². The van der Waals surface area contributed by atoms with Crippen LogP contribution in [0.1, 0.15) is 25.1 Å². The molecule has 80 valence electrons. The number of hydrogen-bond acceptors (Lipinski definition) is 1. The number of rotatable bonds is 3. The second-order valence-corrected chi connectivity index (χ2v) is 3.67. The molecule has 2 rings (SSSR count). The summed E-state index contributed by atoms with van der Waals surface area (Å²) in [5.41, 5.74) is 3.91. The van der Waals surface area contributed by atoms with E-state index >= 15 is 0 Å². The Morgan fingerprint density at radius 2 is 2.00 bits per heavy atom. The molecular formula is C13H17NO. The van der Waals surface area contributed by atoms with Crippen LogP contribution in [0.15, 0.2) is 18.2 Å². The molecule has 0 bridgehead atoms. The van der Waals surface area contributed by atoms with Crippen LogP contribution in [0.2, 0.25) is 0 Å². The summed E-state index contributed by atoms with van der Waals surface area (Å²) in [4.78, 5) is 3.46. The number of nitrogens with one attached hydrogen (secondary N) is 1.